The summed E-state index contributed by atoms with van der Waals surface area (Å²) in [5.74, 6) is 0.376. The molecule has 2 aromatic heterocycles. The first-order valence-electron chi connectivity index (χ1n) is 9.94. The summed E-state index contributed by atoms with van der Waals surface area (Å²) in [6.07, 6.45) is -0.859. The molecule has 2 aromatic carbocycles. The molecule has 1 amide bonds. The van der Waals surface area contributed by atoms with Gasteiger partial charge in [-0.05, 0) is 31.0 Å². The van der Waals surface area contributed by atoms with Crippen LogP contribution in [-0.4, -0.2) is 38.5 Å². The van der Waals surface area contributed by atoms with Crippen molar-refractivity contribution in [1.82, 2.24) is 19.9 Å². The molecule has 0 bridgehead atoms. The minimum absolute atomic E-state index is 0.0460. The van der Waals surface area contributed by atoms with Crippen LogP contribution in [0.1, 0.15) is 39.3 Å². The van der Waals surface area contributed by atoms with E-state index < -0.39 is 12.2 Å². The van der Waals surface area contributed by atoms with Crippen LogP contribution in [0.3, 0.4) is 0 Å². The molecule has 1 saturated heterocycles. The summed E-state index contributed by atoms with van der Waals surface area (Å²) >= 11 is 1.48. The highest BCUT2D eigenvalue weighted by atomic mass is 32.1. The molecule has 0 aliphatic carbocycles. The van der Waals surface area contributed by atoms with Gasteiger partial charge in [0.05, 0.1) is 33.5 Å². The molecule has 0 radical (unpaired) electrons. The van der Waals surface area contributed by atoms with E-state index in [2.05, 4.69) is 9.97 Å². The van der Waals surface area contributed by atoms with Crippen molar-refractivity contribution in [3.63, 3.8) is 0 Å². The predicted molar refractivity (Wildman–Crippen MR) is 116 cm³/mol. The van der Waals surface area contributed by atoms with Crippen molar-refractivity contribution in [3.05, 3.63) is 70.6 Å². The molecule has 5 rings (SSSR count). The molecule has 152 valence electrons. The molecule has 2 atom stereocenters. The highest BCUT2D eigenvalue weighted by molar-refractivity contribution is 7.15. The number of hydrogen-bond acceptors (Lipinski definition) is 4. The lowest BCUT2D eigenvalue weighted by molar-refractivity contribution is 0.0719. The molecule has 7 heteroatoms. The first-order valence-corrected chi connectivity index (χ1v) is 10.8. The van der Waals surface area contributed by atoms with Gasteiger partial charge in [0.1, 0.15) is 17.7 Å². The van der Waals surface area contributed by atoms with E-state index in [9.17, 15) is 9.18 Å². The van der Waals surface area contributed by atoms with Crippen LogP contribution < -0.4 is 0 Å². The second kappa shape index (κ2) is 7.32. The third-order valence-corrected chi connectivity index (χ3v) is 6.55. The van der Waals surface area contributed by atoms with Gasteiger partial charge in [0.2, 0.25) is 0 Å². The van der Waals surface area contributed by atoms with Crippen molar-refractivity contribution in [2.24, 2.45) is 0 Å². The maximum absolute atomic E-state index is 14.5. The van der Waals surface area contributed by atoms with Crippen LogP contribution in [0, 0.1) is 13.8 Å². The molecule has 1 fully saturated rings. The molecule has 1 N–H and O–H groups in total. The molecule has 5 nitrogen and oxygen atoms in total. The van der Waals surface area contributed by atoms with Crippen LogP contribution in [0.2, 0.25) is 0 Å². The van der Waals surface area contributed by atoms with Gasteiger partial charge in [0.25, 0.3) is 5.91 Å². The second-order valence-corrected chi connectivity index (χ2v) is 8.88. The van der Waals surface area contributed by atoms with E-state index in [0.29, 0.717) is 11.5 Å². The molecular formula is C23H21FN4OS. The molecule has 0 saturated carbocycles. The number of nitrogens with zero attached hydrogens (tertiary/aromatic N) is 3. The Morgan fingerprint density at radius 2 is 1.93 bits per heavy atom. The van der Waals surface area contributed by atoms with Crippen LogP contribution in [-0.2, 0) is 0 Å². The van der Waals surface area contributed by atoms with Gasteiger partial charge in [-0.3, -0.25) is 4.79 Å². The zero-order chi connectivity index (χ0) is 20.8. The molecule has 0 spiro atoms. The number of para-hydroxylation sites is 1. The number of rotatable bonds is 3. The van der Waals surface area contributed by atoms with Crippen molar-refractivity contribution < 1.29 is 9.18 Å². The molecule has 1 aliphatic rings. The van der Waals surface area contributed by atoms with E-state index in [1.807, 2.05) is 62.4 Å². The Kier molecular flexibility index (Phi) is 4.62. The SMILES string of the molecule is Cc1nc(C(=O)N2C[C@H](F)C[C@H]2c2nc3c(C)cccc3[nH]2)c(-c2ccccc2)s1. The fourth-order valence-electron chi connectivity index (χ4n) is 4.11. The van der Waals surface area contributed by atoms with Crippen LogP contribution in [0.4, 0.5) is 4.39 Å². The van der Waals surface area contributed by atoms with Crippen LogP contribution in [0.25, 0.3) is 21.5 Å². The van der Waals surface area contributed by atoms with Gasteiger partial charge in [-0.2, -0.15) is 0 Å². The molecule has 30 heavy (non-hydrogen) atoms. The third kappa shape index (κ3) is 3.19. The average Bonchev–Trinajstić information content (AvgIpc) is 3.45. The summed E-state index contributed by atoms with van der Waals surface area (Å²) in [5.41, 5.74) is 4.13. The van der Waals surface area contributed by atoms with Gasteiger partial charge in [-0.1, -0.05) is 42.5 Å². The monoisotopic (exact) mass is 420 g/mol. The van der Waals surface area contributed by atoms with Gasteiger partial charge < -0.3 is 9.88 Å². The van der Waals surface area contributed by atoms with Gasteiger partial charge >= 0.3 is 0 Å². The van der Waals surface area contributed by atoms with Crippen LogP contribution >= 0.6 is 11.3 Å². The first kappa shape index (κ1) is 18.9. The fourth-order valence-corrected chi connectivity index (χ4v) is 5.03. The predicted octanol–water partition coefficient (Wildman–Crippen LogP) is 5.23. The van der Waals surface area contributed by atoms with Gasteiger partial charge in [-0.25, -0.2) is 14.4 Å². The zero-order valence-corrected chi connectivity index (χ0v) is 17.5. The summed E-state index contributed by atoms with van der Waals surface area (Å²) in [4.78, 5) is 28.4. The number of amides is 1. The topological polar surface area (TPSA) is 61.9 Å². The number of aromatic amines is 1. The number of carbonyl (C=O) groups excluding carboxylic acids is 1. The maximum atomic E-state index is 14.5. The van der Waals surface area contributed by atoms with Crippen molar-refractivity contribution in [1.29, 1.82) is 0 Å². The number of halogens is 1. The van der Waals surface area contributed by atoms with Crippen molar-refractivity contribution in [2.45, 2.75) is 32.5 Å². The lowest BCUT2D eigenvalue weighted by atomic mass is 10.1. The van der Waals surface area contributed by atoms with E-state index >= 15 is 0 Å². The number of imidazole rings is 1. The Labute approximate surface area is 177 Å². The lowest BCUT2D eigenvalue weighted by Crippen LogP contribution is -2.32. The number of aromatic nitrogens is 3. The minimum atomic E-state index is -1.09. The Morgan fingerprint density at radius 3 is 2.70 bits per heavy atom. The van der Waals surface area contributed by atoms with Crippen molar-refractivity contribution in [2.75, 3.05) is 6.54 Å². The summed E-state index contributed by atoms with van der Waals surface area (Å²) in [5, 5.41) is 0.809. The maximum Gasteiger partial charge on any atom is 0.274 e. The minimum Gasteiger partial charge on any atom is -0.340 e. The molecule has 4 aromatic rings. The number of nitrogens with one attached hydrogen (secondary N) is 1. The van der Waals surface area contributed by atoms with E-state index in [0.717, 1.165) is 32.0 Å². The molecule has 3 heterocycles. The fraction of sp³-hybridized carbons (Fsp3) is 0.261. The van der Waals surface area contributed by atoms with Gasteiger partial charge in [0, 0.05) is 6.42 Å². The average molecular weight is 421 g/mol. The third-order valence-electron chi connectivity index (χ3n) is 5.53. The number of aryl methyl sites for hydroxylation is 2. The zero-order valence-electron chi connectivity index (χ0n) is 16.7. The molecular weight excluding hydrogens is 399 g/mol. The summed E-state index contributed by atoms with van der Waals surface area (Å²) in [6.45, 7) is 3.92. The number of H-pyrrole nitrogens is 1. The van der Waals surface area contributed by atoms with E-state index in [-0.39, 0.29) is 18.9 Å². The van der Waals surface area contributed by atoms with Crippen LogP contribution in [0.5, 0.6) is 0 Å². The number of hydrogen-bond donors (Lipinski definition) is 1. The van der Waals surface area contributed by atoms with Crippen LogP contribution in [0.15, 0.2) is 48.5 Å². The normalized spacial score (nSPS) is 19.0. The number of benzene rings is 2. The van der Waals surface area contributed by atoms with Gasteiger partial charge in [-0.15, -0.1) is 11.3 Å². The smallest absolute Gasteiger partial charge is 0.274 e. The quantitative estimate of drug-likeness (QED) is 0.494. The van der Waals surface area contributed by atoms with E-state index in [1.54, 1.807) is 4.90 Å². The number of carbonyl (C=O) groups is 1. The Morgan fingerprint density at radius 1 is 1.13 bits per heavy atom. The van der Waals surface area contributed by atoms with E-state index in [1.165, 1.54) is 11.3 Å². The number of thiazole rings is 1. The van der Waals surface area contributed by atoms with Crippen molar-refractivity contribution >= 4 is 28.3 Å². The summed E-state index contributed by atoms with van der Waals surface area (Å²) in [7, 11) is 0. The summed E-state index contributed by atoms with van der Waals surface area (Å²) in [6, 6.07) is 15.2. The lowest BCUT2D eigenvalue weighted by Gasteiger charge is -2.22. The standard InChI is InChI=1S/C23H21FN4OS/c1-13-7-6-10-17-19(13)27-22(26-17)18-11-16(24)12-28(18)23(29)20-21(30-14(2)25-20)15-8-4-3-5-9-15/h3-10,16,18H,11-12H2,1-2H3,(H,26,27)/t16-,18+/m1/s1. The van der Waals surface area contributed by atoms with E-state index in [4.69, 9.17) is 4.98 Å². The highest BCUT2D eigenvalue weighted by Crippen LogP contribution is 2.37. The largest absolute Gasteiger partial charge is 0.340 e. The number of alkyl halides is 1. The van der Waals surface area contributed by atoms with Crippen molar-refractivity contribution in [3.8, 4) is 10.4 Å². The molecule has 1 aliphatic heterocycles. The highest BCUT2D eigenvalue weighted by Gasteiger charge is 2.40. The second-order valence-electron chi connectivity index (χ2n) is 7.68. The number of fused-ring (bicyclic) bond motifs is 1. The first-order chi connectivity index (χ1) is 14.5. The number of likely N-dealkylation sites (tertiary alicyclic amines) is 1. The Hall–Kier alpha value is -3.06. The molecule has 0 unspecified atom stereocenters. The Balaban J connectivity index is 1.54. The Bertz CT molecular complexity index is 1230. The summed E-state index contributed by atoms with van der Waals surface area (Å²) < 4.78 is 14.5. The van der Waals surface area contributed by atoms with Gasteiger partial charge in [0.15, 0.2) is 0 Å².